The molecule has 0 fully saturated rings. The lowest BCUT2D eigenvalue weighted by atomic mass is 9.99. The second kappa shape index (κ2) is 11.6. The first-order chi connectivity index (χ1) is 24.8. The molecule has 0 aliphatic carbocycles. The van der Waals surface area contributed by atoms with Gasteiger partial charge in [-0.2, -0.15) is 0 Å². The van der Waals surface area contributed by atoms with Gasteiger partial charge in [-0.15, -0.1) is 0 Å². The molecule has 1 aliphatic heterocycles. The highest BCUT2D eigenvalue weighted by Gasteiger charge is 2.25. The van der Waals surface area contributed by atoms with Crippen molar-refractivity contribution in [1.29, 1.82) is 0 Å². The van der Waals surface area contributed by atoms with Crippen molar-refractivity contribution >= 4 is 49.6 Å². The van der Waals surface area contributed by atoms with Crippen LogP contribution in [0.3, 0.4) is 0 Å². The zero-order valence-electron chi connectivity index (χ0n) is 27.1. The molecule has 9 aromatic rings. The molecule has 0 saturated heterocycles. The van der Waals surface area contributed by atoms with Gasteiger partial charge in [0.25, 0.3) is 0 Å². The molecule has 5 heteroatoms. The zero-order valence-corrected chi connectivity index (χ0v) is 27.1. The predicted octanol–water partition coefficient (Wildman–Crippen LogP) is 10.7. The number of furan rings is 1. The molecule has 50 heavy (non-hydrogen) atoms. The lowest BCUT2D eigenvalue weighted by molar-refractivity contribution is 0.409. The molecule has 2 N–H and O–H groups in total. The molecule has 2 unspecified atom stereocenters. The summed E-state index contributed by atoms with van der Waals surface area (Å²) in [5.74, 6) is 0.860. The van der Waals surface area contributed by atoms with Crippen LogP contribution in [-0.2, 0) is 0 Å². The molecule has 5 nitrogen and oxygen atoms in total. The lowest BCUT2D eigenvalue weighted by Crippen LogP contribution is -2.44. The molecule has 238 valence electrons. The van der Waals surface area contributed by atoms with E-state index in [4.69, 9.17) is 9.41 Å². The van der Waals surface area contributed by atoms with Gasteiger partial charge in [-0.3, -0.25) is 5.32 Å². The Morgan fingerprint density at radius 1 is 0.520 bits per heavy atom. The molecular weight excluding hydrogens is 613 g/mol. The predicted molar refractivity (Wildman–Crippen MR) is 205 cm³/mol. The smallest absolute Gasteiger partial charge is 0.145 e. The Morgan fingerprint density at radius 2 is 1.20 bits per heavy atom. The third-order valence-electron chi connectivity index (χ3n) is 9.87. The first-order valence-electron chi connectivity index (χ1n) is 17.0. The maximum absolute atomic E-state index is 6.62. The van der Waals surface area contributed by atoms with Crippen LogP contribution in [-0.4, -0.2) is 10.4 Å². The first-order valence-corrected chi connectivity index (χ1v) is 17.0. The Labute approximate surface area is 289 Å². The summed E-state index contributed by atoms with van der Waals surface area (Å²) in [4.78, 5) is 5.19. The van der Waals surface area contributed by atoms with Gasteiger partial charge in [-0.1, -0.05) is 121 Å². The van der Waals surface area contributed by atoms with Crippen molar-refractivity contribution < 1.29 is 4.42 Å². The van der Waals surface area contributed by atoms with Crippen molar-refractivity contribution in [3.05, 3.63) is 187 Å². The highest BCUT2D eigenvalue weighted by atomic mass is 16.3. The van der Waals surface area contributed by atoms with Crippen LogP contribution in [0.25, 0.3) is 60.6 Å². The summed E-state index contributed by atoms with van der Waals surface area (Å²) in [6.45, 7) is 0. The minimum Gasteiger partial charge on any atom is -0.455 e. The second-order valence-electron chi connectivity index (χ2n) is 12.9. The Bertz CT molecular complexity index is 2710. The quantitative estimate of drug-likeness (QED) is 0.196. The topological polar surface area (TPSA) is 54.5 Å². The number of hydrogen-bond donors (Lipinski definition) is 2. The lowest BCUT2D eigenvalue weighted by Gasteiger charge is -2.32. The van der Waals surface area contributed by atoms with Crippen LogP contribution in [0.15, 0.2) is 179 Å². The Kier molecular flexibility index (Phi) is 6.64. The van der Waals surface area contributed by atoms with Crippen LogP contribution in [0.2, 0.25) is 0 Å². The van der Waals surface area contributed by atoms with E-state index in [1.165, 1.54) is 0 Å². The molecule has 0 bridgehead atoms. The fourth-order valence-electron chi connectivity index (χ4n) is 7.50. The van der Waals surface area contributed by atoms with E-state index in [1.54, 1.807) is 0 Å². The Hall–Kier alpha value is -6.43. The molecule has 2 aromatic heterocycles. The summed E-state index contributed by atoms with van der Waals surface area (Å²) < 4.78 is 8.96. The van der Waals surface area contributed by atoms with Gasteiger partial charge in [0.1, 0.15) is 29.3 Å². The van der Waals surface area contributed by atoms with Crippen LogP contribution < -0.4 is 10.6 Å². The van der Waals surface area contributed by atoms with E-state index in [9.17, 15) is 0 Å². The summed E-state index contributed by atoms with van der Waals surface area (Å²) in [7, 11) is 0. The third kappa shape index (κ3) is 4.71. The summed E-state index contributed by atoms with van der Waals surface area (Å²) in [5.41, 5.74) is 10.8. The molecular formula is C45H32N4O. The standard InChI is InChI=1S/C45H32N4O/c1-4-13-29(14-5-1)43-46-44(30-15-6-2-7-16-30)48-45(47-43)33-18-12-17-31(27-33)32-23-25-38-37(28-32)41-39(49(38)34-19-8-3-9-20-34)26-24-36-35-21-10-11-22-40(35)50-42(36)41/h1-28,43-44,46H,(H,47,48). The van der Waals surface area contributed by atoms with Crippen molar-refractivity contribution in [2.75, 3.05) is 0 Å². The fourth-order valence-corrected chi connectivity index (χ4v) is 7.50. The molecule has 7 aromatic carbocycles. The molecule has 3 heterocycles. The molecule has 0 saturated carbocycles. The number of aliphatic imine (C=N–C) groups is 1. The first kappa shape index (κ1) is 28.6. The highest BCUT2D eigenvalue weighted by Crippen LogP contribution is 2.41. The average molecular weight is 645 g/mol. The maximum Gasteiger partial charge on any atom is 0.145 e. The molecule has 0 radical (unpaired) electrons. The summed E-state index contributed by atoms with van der Waals surface area (Å²) in [5, 5.41) is 11.9. The summed E-state index contributed by atoms with van der Waals surface area (Å²) in [6, 6.07) is 59.7. The van der Waals surface area contributed by atoms with Crippen LogP contribution in [0.5, 0.6) is 0 Å². The number of rotatable bonds is 5. The Morgan fingerprint density at radius 3 is 2.02 bits per heavy atom. The van der Waals surface area contributed by atoms with Gasteiger partial charge in [0.05, 0.1) is 16.4 Å². The van der Waals surface area contributed by atoms with Gasteiger partial charge in [0, 0.05) is 27.4 Å². The van der Waals surface area contributed by atoms with Crippen molar-refractivity contribution in [3.8, 4) is 16.8 Å². The van der Waals surface area contributed by atoms with Gasteiger partial charge in [0.15, 0.2) is 0 Å². The van der Waals surface area contributed by atoms with Crippen molar-refractivity contribution in [3.63, 3.8) is 0 Å². The van der Waals surface area contributed by atoms with Gasteiger partial charge in [-0.25, -0.2) is 4.99 Å². The van der Waals surface area contributed by atoms with Gasteiger partial charge >= 0.3 is 0 Å². The largest absolute Gasteiger partial charge is 0.455 e. The second-order valence-corrected chi connectivity index (χ2v) is 12.9. The number of fused-ring (bicyclic) bond motifs is 7. The monoisotopic (exact) mass is 644 g/mol. The normalized spacial score (nSPS) is 16.2. The fraction of sp³-hybridized carbons (Fsp3) is 0.0444. The number of amidine groups is 1. The molecule has 0 amide bonds. The van der Waals surface area contributed by atoms with E-state index in [-0.39, 0.29) is 12.3 Å². The van der Waals surface area contributed by atoms with E-state index in [1.807, 2.05) is 18.2 Å². The van der Waals surface area contributed by atoms with E-state index in [2.05, 4.69) is 167 Å². The third-order valence-corrected chi connectivity index (χ3v) is 9.87. The van der Waals surface area contributed by atoms with Crippen molar-refractivity contribution in [1.82, 2.24) is 15.2 Å². The van der Waals surface area contributed by atoms with Crippen molar-refractivity contribution in [2.24, 2.45) is 4.99 Å². The zero-order chi connectivity index (χ0) is 33.0. The summed E-state index contributed by atoms with van der Waals surface area (Å²) >= 11 is 0. The minimum atomic E-state index is -0.187. The maximum atomic E-state index is 6.62. The number of hydrogen-bond acceptors (Lipinski definition) is 4. The van der Waals surface area contributed by atoms with E-state index in [0.717, 1.165) is 83.1 Å². The van der Waals surface area contributed by atoms with Gasteiger partial charge in [-0.05, 0) is 70.8 Å². The molecule has 0 spiro atoms. The number of para-hydroxylation sites is 2. The number of nitrogens with zero attached hydrogens (tertiary/aromatic N) is 2. The van der Waals surface area contributed by atoms with Crippen LogP contribution >= 0.6 is 0 Å². The van der Waals surface area contributed by atoms with E-state index >= 15 is 0 Å². The molecule has 1 aliphatic rings. The van der Waals surface area contributed by atoms with Crippen molar-refractivity contribution in [2.45, 2.75) is 12.3 Å². The van der Waals surface area contributed by atoms with E-state index < -0.39 is 0 Å². The molecule has 10 rings (SSSR count). The van der Waals surface area contributed by atoms with Crippen LogP contribution in [0, 0.1) is 0 Å². The van der Waals surface area contributed by atoms with E-state index in [0.29, 0.717) is 0 Å². The highest BCUT2D eigenvalue weighted by molar-refractivity contribution is 6.24. The SMILES string of the molecule is c1ccc(C2N=C(c3cccc(-c4ccc5c(c4)c4c6oc7ccccc7c6ccc4n5-c4ccccc4)c3)NC(c3ccccc3)N2)cc1. The summed E-state index contributed by atoms with van der Waals surface area (Å²) in [6.07, 6.45) is -0.280. The average Bonchev–Trinajstić information content (AvgIpc) is 3.74. The Balaban J connectivity index is 1.13. The number of aromatic nitrogens is 1. The van der Waals surface area contributed by atoms with Gasteiger partial charge in [0.2, 0.25) is 0 Å². The van der Waals surface area contributed by atoms with Crippen LogP contribution in [0.4, 0.5) is 0 Å². The van der Waals surface area contributed by atoms with Gasteiger partial charge < -0.3 is 14.3 Å². The molecule has 2 atom stereocenters. The number of nitrogens with one attached hydrogen (secondary N) is 2. The van der Waals surface area contributed by atoms with Crippen LogP contribution in [0.1, 0.15) is 29.0 Å². The number of benzene rings is 7. The minimum absolute atomic E-state index is 0.0933.